The number of nitriles is 1. The van der Waals surface area contributed by atoms with E-state index in [-0.39, 0.29) is 0 Å². The van der Waals surface area contributed by atoms with Gasteiger partial charge in [0.1, 0.15) is 13.2 Å². The third-order valence-corrected chi connectivity index (χ3v) is 3.08. The molecule has 0 atom stereocenters. The Hall–Kier alpha value is -2.47. The Labute approximate surface area is 112 Å². The maximum atomic E-state index is 9.03. The molecule has 0 unspecified atom stereocenters. The summed E-state index contributed by atoms with van der Waals surface area (Å²) in [4.78, 5) is 0. The third kappa shape index (κ3) is 2.25. The van der Waals surface area contributed by atoms with Crippen LogP contribution in [0, 0.1) is 18.3 Å². The summed E-state index contributed by atoms with van der Waals surface area (Å²) < 4.78 is 11.1. The first-order valence-corrected chi connectivity index (χ1v) is 6.18. The summed E-state index contributed by atoms with van der Waals surface area (Å²) >= 11 is 0. The van der Waals surface area contributed by atoms with Crippen LogP contribution in [0.3, 0.4) is 0 Å². The number of fused-ring (bicyclic) bond motifs is 1. The predicted octanol–water partition coefficient (Wildman–Crippen LogP) is 3.30. The quantitative estimate of drug-likeness (QED) is 0.781. The van der Waals surface area contributed by atoms with Crippen LogP contribution in [0.2, 0.25) is 0 Å². The fourth-order valence-corrected chi connectivity index (χ4v) is 2.24. The highest BCUT2D eigenvalue weighted by molar-refractivity contribution is 5.69. The third-order valence-electron chi connectivity index (χ3n) is 3.08. The predicted molar refractivity (Wildman–Crippen MR) is 72.3 cm³/mol. The molecule has 0 aromatic heterocycles. The first-order chi connectivity index (χ1) is 9.26. The Kier molecular flexibility index (Phi) is 2.85. The minimum atomic E-state index is 0.577. The van der Waals surface area contributed by atoms with Gasteiger partial charge in [-0.15, -0.1) is 0 Å². The van der Waals surface area contributed by atoms with Gasteiger partial charge in [0, 0.05) is 0 Å². The second-order valence-electron chi connectivity index (χ2n) is 4.56. The molecule has 0 radical (unpaired) electrons. The molecule has 0 aliphatic carbocycles. The largest absolute Gasteiger partial charge is 0.486 e. The van der Waals surface area contributed by atoms with Crippen molar-refractivity contribution in [3.05, 3.63) is 47.5 Å². The SMILES string of the molecule is Cc1cc(C#N)cc(-c2ccc3c(c2)OCCO3)c1. The van der Waals surface area contributed by atoms with E-state index in [9.17, 15) is 0 Å². The van der Waals surface area contributed by atoms with Crippen LogP contribution in [0.5, 0.6) is 11.5 Å². The van der Waals surface area contributed by atoms with Crippen LogP contribution in [-0.2, 0) is 0 Å². The maximum Gasteiger partial charge on any atom is 0.161 e. The molecule has 0 saturated heterocycles. The van der Waals surface area contributed by atoms with E-state index >= 15 is 0 Å². The Morgan fingerprint density at radius 3 is 2.53 bits per heavy atom. The highest BCUT2D eigenvalue weighted by atomic mass is 16.6. The number of hydrogen-bond donors (Lipinski definition) is 0. The van der Waals surface area contributed by atoms with Gasteiger partial charge < -0.3 is 9.47 Å². The summed E-state index contributed by atoms with van der Waals surface area (Å²) in [5, 5.41) is 9.03. The van der Waals surface area contributed by atoms with E-state index in [1.807, 2.05) is 37.3 Å². The molecule has 0 N–H and O–H groups in total. The summed E-state index contributed by atoms with van der Waals surface area (Å²) in [6.45, 7) is 3.16. The van der Waals surface area contributed by atoms with Crippen molar-refractivity contribution in [1.29, 1.82) is 5.26 Å². The molecule has 0 spiro atoms. The minimum absolute atomic E-state index is 0.577. The second kappa shape index (κ2) is 4.66. The van der Waals surface area contributed by atoms with Gasteiger partial charge in [0.15, 0.2) is 11.5 Å². The molecule has 3 heteroatoms. The van der Waals surface area contributed by atoms with Gasteiger partial charge in [-0.1, -0.05) is 12.1 Å². The van der Waals surface area contributed by atoms with Gasteiger partial charge in [-0.2, -0.15) is 5.26 Å². The number of ether oxygens (including phenoxy) is 2. The normalized spacial score (nSPS) is 12.8. The van der Waals surface area contributed by atoms with Crippen LogP contribution in [0.25, 0.3) is 11.1 Å². The Balaban J connectivity index is 2.07. The van der Waals surface area contributed by atoms with E-state index in [1.165, 1.54) is 0 Å². The number of nitrogens with zero attached hydrogens (tertiary/aromatic N) is 1. The van der Waals surface area contributed by atoms with Crippen LogP contribution in [0.15, 0.2) is 36.4 Å². The zero-order valence-corrected chi connectivity index (χ0v) is 10.6. The molecule has 0 fully saturated rings. The van der Waals surface area contributed by atoms with Gasteiger partial charge >= 0.3 is 0 Å². The first kappa shape index (κ1) is 11.6. The van der Waals surface area contributed by atoms with Crippen LogP contribution < -0.4 is 9.47 Å². The van der Waals surface area contributed by atoms with Gasteiger partial charge in [-0.3, -0.25) is 0 Å². The van der Waals surface area contributed by atoms with Crippen LogP contribution in [0.1, 0.15) is 11.1 Å². The lowest BCUT2D eigenvalue weighted by atomic mass is 10.0. The molecule has 2 aromatic rings. The van der Waals surface area contributed by atoms with Crippen molar-refractivity contribution in [3.8, 4) is 28.7 Å². The average molecular weight is 251 g/mol. The lowest BCUT2D eigenvalue weighted by Crippen LogP contribution is -2.15. The van der Waals surface area contributed by atoms with Gasteiger partial charge in [0.25, 0.3) is 0 Å². The molecule has 0 bridgehead atoms. The topological polar surface area (TPSA) is 42.2 Å². The molecule has 1 aliphatic heterocycles. The van der Waals surface area contributed by atoms with Crippen molar-refractivity contribution < 1.29 is 9.47 Å². The van der Waals surface area contributed by atoms with E-state index in [1.54, 1.807) is 0 Å². The number of aryl methyl sites for hydroxylation is 1. The van der Waals surface area contributed by atoms with Crippen LogP contribution in [-0.4, -0.2) is 13.2 Å². The fourth-order valence-electron chi connectivity index (χ4n) is 2.24. The number of rotatable bonds is 1. The summed E-state index contributed by atoms with van der Waals surface area (Å²) in [5.74, 6) is 1.55. The first-order valence-electron chi connectivity index (χ1n) is 6.18. The van der Waals surface area contributed by atoms with Crippen LogP contribution in [0.4, 0.5) is 0 Å². The van der Waals surface area contributed by atoms with Crippen molar-refractivity contribution in [1.82, 2.24) is 0 Å². The zero-order chi connectivity index (χ0) is 13.2. The van der Waals surface area contributed by atoms with Crippen molar-refractivity contribution in [2.24, 2.45) is 0 Å². The van der Waals surface area contributed by atoms with Gasteiger partial charge in [-0.05, 0) is 47.9 Å². The zero-order valence-electron chi connectivity index (χ0n) is 10.6. The lowest BCUT2D eigenvalue weighted by Gasteiger charge is -2.19. The molecule has 2 aromatic carbocycles. The highest BCUT2D eigenvalue weighted by Gasteiger charge is 2.12. The number of benzene rings is 2. The van der Waals surface area contributed by atoms with Crippen molar-refractivity contribution in [3.63, 3.8) is 0 Å². The second-order valence-corrected chi connectivity index (χ2v) is 4.56. The summed E-state index contributed by atoms with van der Waals surface area (Å²) in [7, 11) is 0. The van der Waals surface area contributed by atoms with Gasteiger partial charge in [-0.25, -0.2) is 0 Å². The van der Waals surface area contributed by atoms with E-state index in [0.29, 0.717) is 18.8 Å². The smallest absolute Gasteiger partial charge is 0.161 e. The molecule has 3 nitrogen and oxygen atoms in total. The molecule has 0 amide bonds. The van der Waals surface area contributed by atoms with E-state index < -0.39 is 0 Å². The fraction of sp³-hybridized carbons (Fsp3) is 0.188. The standard InChI is InChI=1S/C16H13NO2/c1-11-6-12(10-17)8-14(7-11)13-2-3-15-16(9-13)19-5-4-18-15/h2-3,6-9H,4-5H2,1H3. The van der Waals surface area contributed by atoms with E-state index in [0.717, 1.165) is 28.2 Å². The van der Waals surface area contributed by atoms with Crippen molar-refractivity contribution in [2.75, 3.05) is 13.2 Å². The average Bonchev–Trinajstić information content (AvgIpc) is 2.46. The number of hydrogen-bond acceptors (Lipinski definition) is 3. The van der Waals surface area contributed by atoms with E-state index in [2.05, 4.69) is 12.1 Å². The van der Waals surface area contributed by atoms with Gasteiger partial charge in [0.2, 0.25) is 0 Å². The highest BCUT2D eigenvalue weighted by Crippen LogP contribution is 2.34. The molecule has 1 heterocycles. The summed E-state index contributed by atoms with van der Waals surface area (Å²) in [5.41, 5.74) is 3.80. The Bertz CT molecular complexity index is 671. The van der Waals surface area contributed by atoms with Crippen molar-refractivity contribution in [2.45, 2.75) is 6.92 Å². The summed E-state index contributed by atoms with van der Waals surface area (Å²) in [6.07, 6.45) is 0. The minimum Gasteiger partial charge on any atom is -0.486 e. The molecule has 94 valence electrons. The summed E-state index contributed by atoms with van der Waals surface area (Å²) in [6, 6.07) is 13.9. The molecule has 0 saturated carbocycles. The maximum absolute atomic E-state index is 9.03. The Morgan fingerprint density at radius 1 is 0.947 bits per heavy atom. The van der Waals surface area contributed by atoms with E-state index in [4.69, 9.17) is 14.7 Å². The van der Waals surface area contributed by atoms with Gasteiger partial charge in [0.05, 0.1) is 11.6 Å². The Morgan fingerprint density at radius 2 is 1.74 bits per heavy atom. The van der Waals surface area contributed by atoms with Crippen LogP contribution >= 0.6 is 0 Å². The molecule has 19 heavy (non-hydrogen) atoms. The lowest BCUT2D eigenvalue weighted by molar-refractivity contribution is 0.171. The monoisotopic (exact) mass is 251 g/mol. The molecular formula is C16H13NO2. The molecular weight excluding hydrogens is 238 g/mol. The van der Waals surface area contributed by atoms with Crippen molar-refractivity contribution >= 4 is 0 Å². The molecule has 1 aliphatic rings. The molecule has 3 rings (SSSR count).